The minimum absolute atomic E-state index is 0.000853. The summed E-state index contributed by atoms with van der Waals surface area (Å²) in [5.41, 5.74) is 2.02. The fourth-order valence-corrected chi connectivity index (χ4v) is 2.45. The minimum Gasteiger partial charge on any atom is -0.497 e. The summed E-state index contributed by atoms with van der Waals surface area (Å²) in [6.45, 7) is 0.414. The van der Waals surface area contributed by atoms with E-state index in [0.29, 0.717) is 18.5 Å². The molecule has 0 saturated carbocycles. The van der Waals surface area contributed by atoms with E-state index in [0.717, 1.165) is 29.4 Å². The number of nitrogens with zero attached hydrogens (tertiary/aromatic N) is 4. The van der Waals surface area contributed by atoms with Gasteiger partial charge in [-0.1, -0.05) is 0 Å². The first kappa shape index (κ1) is 18.6. The average molecular weight is 379 g/mol. The molecule has 1 aromatic carbocycles. The Balaban J connectivity index is 1.57. The molecule has 0 aliphatic carbocycles. The summed E-state index contributed by atoms with van der Waals surface area (Å²) < 4.78 is 42.4. The van der Waals surface area contributed by atoms with Crippen molar-refractivity contribution in [3.05, 3.63) is 53.6 Å². The number of hydrogen-bond acceptors (Lipinski definition) is 5. The quantitative estimate of drug-likeness (QED) is 0.886. The minimum atomic E-state index is -4.59. The number of alkyl halides is 3. The van der Waals surface area contributed by atoms with Gasteiger partial charge in [0.2, 0.25) is 5.82 Å². The van der Waals surface area contributed by atoms with E-state index >= 15 is 0 Å². The van der Waals surface area contributed by atoms with Crippen LogP contribution >= 0.6 is 0 Å². The lowest BCUT2D eigenvalue weighted by Gasteiger charge is -2.12. The Labute approximate surface area is 152 Å². The second-order valence-corrected chi connectivity index (χ2v) is 5.72. The van der Waals surface area contributed by atoms with Gasteiger partial charge >= 0.3 is 12.2 Å². The lowest BCUT2D eigenvalue weighted by molar-refractivity contribution is -0.145. The molecule has 1 N–H and O–H groups in total. The number of ether oxygens (including phenoxy) is 1. The fourth-order valence-electron chi connectivity index (χ4n) is 2.45. The molecule has 1 aliphatic heterocycles. The van der Waals surface area contributed by atoms with Gasteiger partial charge in [0.15, 0.2) is 0 Å². The van der Waals surface area contributed by atoms with Crippen molar-refractivity contribution in [3.63, 3.8) is 0 Å². The monoisotopic (exact) mass is 379 g/mol. The molecule has 0 bridgehead atoms. The maximum atomic E-state index is 12.4. The van der Waals surface area contributed by atoms with Crippen LogP contribution in [-0.4, -0.2) is 40.4 Å². The van der Waals surface area contributed by atoms with E-state index < -0.39 is 18.0 Å². The van der Waals surface area contributed by atoms with Gasteiger partial charge in [-0.15, -0.1) is 0 Å². The summed E-state index contributed by atoms with van der Waals surface area (Å²) in [7, 11) is 1.58. The van der Waals surface area contributed by atoms with Crippen molar-refractivity contribution in [2.45, 2.75) is 19.1 Å². The Morgan fingerprint density at radius 1 is 1.22 bits per heavy atom. The highest BCUT2D eigenvalue weighted by atomic mass is 19.4. The lowest BCUT2D eigenvalue weighted by atomic mass is 10.1. The van der Waals surface area contributed by atoms with Gasteiger partial charge < -0.3 is 10.1 Å². The number of hydrogen-bond donors (Lipinski definition) is 1. The number of nitrogens with one attached hydrogen (secondary N) is 1. The molecule has 0 spiro atoms. The molecule has 3 rings (SSSR count). The van der Waals surface area contributed by atoms with Gasteiger partial charge in [-0.2, -0.15) is 18.3 Å². The molecule has 27 heavy (non-hydrogen) atoms. The van der Waals surface area contributed by atoms with Crippen LogP contribution in [0.25, 0.3) is 0 Å². The number of benzene rings is 1. The second-order valence-electron chi connectivity index (χ2n) is 5.72. The van der Waals surface area contributed by atoms with Crippen molar-refractivity contribution in [3.8, 4) is 5.75 Å². The second kappa shape index (κ2) is 7.60. The van der Waals surface area contributed by atoms with Crippen molar-refractivity contribution >= 4 is 11.7 Å². The summed E-state index contributed by atoms with van der Waals surface area (Å²) in [6, 6.07) is 6.89. The van der Waals surface area contributed by atoms with Crippen molar-refractivity contribution < 1.29 is 22.7 Å². The standard InChI is InChI=1S/C17H16F3N5O2/c1-27-13-4-2-12(3-5-13)14-6-7-25(24-14)16(26)23-10-11-8-21-15(22-9-11)17(18,19)20/h2-5,8-9H,6-7,10H2,1H3,(H,23,26). The van der Waals surface area contributed by atoms with E-state index in [1.54, 1.807) is 7.11 Å². The summed E-state index contributed by atoms with van der Waals surface area (Å²) in [5.74, 6) is -0.489. The zero-order valence-corrected chi connectivity index (χ0v) is 14.3. The number of carbonyl (C=O) groups excluding carboxylic acids is 1. The van der Waals surface area contributed by atoms with Crippen molar-refractivity contribution in [2.24, 2.45) is 5.10 Å². The maximum absolute atomic E-state index is 12.4. The number of amides is 2. The van der Waals surface area contributed by atoms with E-state index in [2.05, 4.69) is 20.4 Å². The van der Waals surface area contributed by atoms with E-state index in [4.69, 9.17) is 4.74 Å². The van der Waals surface area contributed by atoms with Crippen LogP contribution in [-0.2, 0) is 12.7 Å². The first-order valence-corrected chi connectivity index (χ1v) is 8.02. The number of hydrazone groups is 1. The third-order valence-electron chi connectivity index (χ3n) is 3.86. The number of aromatic nitrogens is 2. The van der Waals surface area contributed by atoms with E-state index in [1.165, 1.54) is 5.01 Å². The van der Waals surface area contributed by atoms with Crippen LogP contribution in [0.2, 0.25) is 0 Å². The summed E-state index contributed by atoms with van der Waals surface area (Å²) in [4.78, 5) is 18.7. The molecule has 1 aromatic heterocycles. The average Bonchev–Trinajstić information content (AvgIpc) is 3.16. The van der Waals surface area contributed by atoms with Gasteiger partial charge in [0.25, 0.3) is 0 Å². The van der Waals surface area contributed by atoms with Crippen LogP contribution in [0, 0.1) is 0 Å². The maximum Gasteiger partial charge on any atom is 0.451 e. The Bertz CT molecular complexity index is 835. The topological polar surface area (TPSA) is 79.7 Å². The highest BCUT2D eigenvalue weighted by molar-refractivity contribution is 6.02. The van der Waals surface area contributed by atoms with Crippen LogP contribution in [0.4, 0.5) is 18.0 Å². The molecule has 142 valence electrons. The van der Waals surface area contributed by atoms with Gasteiger partial charge in [-0.25, -0.2) is 19.8 Å². The highest BCUT2D eigenvalue weighted by Gasteiger charge is 2.34. The molecule has 0 fully saturated rings. The van der Waals surface area contributed by atoms with Gasteiger partial charge in [-0.05, 0) is 29.8 Å². The Morgan fingerprint density at radius 3 is 2.48 bits per heavy atom. The molecular weight excluding hydrogens is 363 g/mol. The molecule has 0 unspecified atom stereocenters. The smallest absolute Gasteiger partial charge is 0.451 e. The Hall–Kier alpha value is -3.17. The van der Waals surface area contributed by atoms with Gasteiger partial charge in [0.1, 0.15) is 5.75 Å². The molecule has 10 heteroatoms. The molecule has 0 atom stereocenters. The number of carbonyl (C=O) groups is 1. The molecule has 0 saturated heterocycles. The van der Waals surface area contributed by atoms with E-state index in [1.807, 2.05) is 24.3 Å². The summed E-state index contributed by atoms with van der Waals surface area (Å²) >= 11 is 0. The number of halogens is 3. The SMILES string of the molecule is COc1ccc(C2=NN(C(=O)NCc3cnc(C(F)(F)F)nc3)CC2)cc1. The van der Waals surface area contributed by atoms with Crippen LogP contribution in [0.3, 0.4) is 0 Å². The molecule has 0 radical (unpaired) electrons. The number of urea groups is 1. The number of rotatable bonds is 4. The van der Waals surface area contributed by atoms with E-state index in [-0.39, 0.29) is 6.54 Å². The van der Waals surface area contributed by atoms with Gasteiger partial charge in [0, 0.05) is 30.9 Å². The first-order valence-electron chi connectivity index (χ1n) is 8.02. The van der Waals surface area contributed by atoms with Crippen molar-refractivity contribution in [1.29, 1.82) is 0 Å². The normalized spacial score (nSPS) is 14.1. The van der Waals surface area contributed by atoms with Gasteiger partial charge in [-0.3, -0.25) is 0 Å². The molecule has 2 aromatic rings. The third-order valence-corrected chi connectivity index (χ3v) is 3.86. The molecule has 2 heterocycles. The molecule has 2 amide bonds. The highest BCUT2D eigenvalue weighted by Crippen LogP contribution is 2.25. The summed E-state index contributed by atoms with van der Waals surface area (Å²) in [5, 5.41) is 8.16. The zero-order valence-electron chi connectivity index (χ0n) is 14.3. The van der Waals surface area contributed by atoms with Crippen LogP contribution in [0.15, 0.2) is 41.8 Å². The van der Waals surface area contributed by atoms with E-state index in [9.17, 15) is 18.0 Å². The molecule has 1 aliphatic rings. The van der Waals surface area contributed by atoms with Crippen LogP contribution in [0.1, 0.15) is 23.4 Å². The summed E-state index contributed by atoms with van der Waals surface area (Å²) in [6.07, 6.45) is -1.93. The zero-order chi connectivity index (χ0) is 19.4. The Kier molecular flexibility index (Phi) is 5.24. The predicted octanol–water partition coefficient (Wildman–Crippen LogP) is 2.82. The lowest BCUT2D eigenvalue weighted by Crippen LogP contribution is -2.34. The largest absolute Gasteiger partial charge is 0.497 e. The number of methoxy groups -OCH3 is 1. The Morgan fingerprint density at radius 2 is 1.89 bits per heavy atom. The molecule has 7 nitrogen and oxygen atoms in total. The van der Waals surface area contributed by atoms with Crippen molar-refractivity contribution in [1.82, 2.24) is 20.3 Å². The fraction of sp³-hybridized carbons (Fsp3) is 0.294. The molecular formula is C17H16F3N5O2. The van der Waals surface area contributed by atoms with Crippen LogP contribution < -0.4 is 10.1 Å². The van der Waals surface area contributed by atoms with Crippen molar-refractivity contribution in [2.75, 3.05) is 13.7 Å². The third kappa shape index (κ3) is 4.52. The first-order chi connectivity index (χ1) is 12.9. The predicted molar refractivity (Wildman–Crippen MR) is 90.1 cm³/mol. The van der Waals surface area contributed by atoms with Gasteiger partial charge in [0.05, 0.1) is 19.4 Å². The van der Waals surface area contributed by atoms with Crippen LogP contribution in [0.5, 0.6) is 5.75 Å².